The lowest BCUT2D eigenvalue weighted by atomic mass is 9.85. The maximum Gasteiger partial charge on any atom is -0.0256 e. The molecule has 0 saturated heterocycles. The van der Waals surface area contributed by atoms with Crippen LogP contribution in [-0.2, 0) is 0 Å². The van der Waals surface area contributed by atoms with E-state index in [2.05, 4.69) is 20.1 Å². The van der Waals surface area contributed by atoms with E-state index in [9.17, 15) is 0 Å². The van der Waals surface area contributed by atoms with E-state index in [1.54, 1.807) is 0 Å². The zero-order valence-electron chi connectivity index (χ0n) is 8.11. The van der Waals surface area contributed by atoms with Gasteiger partial charge in [-0.05, 0) is 25.2 Å². The summed E-state index contributed by atoms with van der Waals surface area (Å²) in [7, 11) is 0. The lowest BCUT2D eigenvalue weighted by Crippen LogP contribution is -2.05. The first-order valence-electron chi connectivity index (χ1n) is 4.56. The minimum absolute atomic E-state index is 0.836. The smallest absolute Gasteiger partial charge is 0.0256 e. The van der Waals surface area contributed by atoms with E-state index in [1.807, 2.05) is 13.8 Å². The molecule has 1 aliphatic rings. The molecular weight excluding hydrogens is 132 g/mol. The van der Waals surface area contributed by atoms with Crippen molar-refractivity contribution in [2.24, 2.45) is 5.92 Å². The Morgan fingerprint density at radius 3 is 2.09 bits per heavy atom. The van der Waals surface area contributed by atoms with Gasteiger partial charge in [-0.2, -0.15) is 0 Å². The van der Waals surface area contributed by atoms with Crippen LogP contribution in [0.25, 0.3) is 0 Å². The molecule has 0 radical (unpaired) electrons. The number of hydrogen-bond acceptors (Lipinski definition) is 0. The number of allylic oxidation sites excluding steroid dienone is 2. The fraction of sp³-hybridized carbons (Fsp3) is 0.636. The first kappa shape index (κ1) is 10.5. The first-order chi connectivity index (χ1) is 5.20. The Kier molecular flexibility index (Phi) is 4.93. The summed E-state index contributed by atoms with van der Waals surface area (Å²) in [6.07, 6.45) is 3.64. The van der Waals surface area contributed by atoms with Crippen molar-refractivity contribution >= 4 is 0 Å². The van der Waals surface area contributed by atoms with Gasteiger partial charge in [-0.3, -0.25) is 0 Å². The Morgan fingerprint density at radius 2 is 1.73 bits per heavy atom. The quantitative estimate of drug-likeness (QED) is 0.493. The fourth-order valence-electron chi connectivity index (χ4n) is 1.26. The summed E-state index contributed by atoms with van der Waals surface area (Å²) in [5.74, 6) is 0.836. The van der Waals surface area contributed by atoms with E-state index < -0.39 is 0 Å². The van der Waals surface area contributed by atoms with Gasteiger partial charge in [-0.25, -0.2) is 0 Å². The van der Waals surface area contributed by atoms with Crippen LogP contribution in [0.4, 0.5) is 0 Å². The molecule has 0 heteroatoms. The zero-order chi connectivity index (χ0) is 8.85. The Labute approximate surface area is 71.0 Å². The van der Waals surface area contributed by atoms with Crippen LogP contribution in [0.15, 0.2) is 24.3 Å². The minimum Gasteiger partial charge on any atom is -0.0956 e. The summed E-state index contributed by atoms with van der Waals surface area (Å²) >= 11 is 0. The van der Waals surface area contributed by atoms with Gasteiger partial charge in [0.2, 0.25) is 0 Å². The molecule has 1 fully saturated rings. The van der Waals surface area contributed by atoms with E-state index in [0.29, 0.717) is 0 Å². The molecule has 0 N–H and O–H groups in total. The summed E-state index contributed by atoms with van der Waals surface area (Å²) < 4.78 is 0. The van der Waals surface area contributed by atoms with Gasteiger partial charge in [0.1, 0.15) is 0 Å². The SMILES string of the molecule is C=C1CCC(C)CC1=C.CC. The van der Waals surface area contributed by atoms with Crippen molar-refractivity contribution in [3.05, 3.63) is 24.3 Å². The predicted octanol–water partition coefficient (Wildman–Crippen LogP) is 3.95. The highest BCUT2D eigenvalue weighted by atomic mass is 14.2. The fourth-order valence-corrected chi connectivity index (χ4v) is 1.26. The van der Waals surface area contributed by atoms with Crippen LogP contribution in [0.2, 0.25) is 0 Å². The number of hydrogen-bond donors (Lipinski definition) is 0. The molecule has 1 saturated carbocycles. The van der Waals surface area contributed by atoms with Crippen LogP contribution < -0.4 is 0 Å². The van der Waals surface area contributed by atoms with Crippen molar-refractivity contribution in [1.82, 2.24) is 0 Å². The second-order valence-corrected chi connectivity index (χ2v) is 3.06. The Hall–Kier alpha value is -0.520. The van der Waals surface area contributed by atoms with Crippen molar-refractivity contribution in [2.45, 2.75) is 40.0 Å². The molecule has 0 bridgehead atoms. The molecule has 1 unspecified atom stereocenters. The Bertz CT molecular complexity index is 142. The molecule has 0 spiro atoms. The maximum atomic E-state index is 3.95. The van der Waals surface area contributed by atoms with Gasteiger partial charge < -0.3 is 0 Å². The van der Waals surface area contributed by atoms with Crippen LogP contribution in [-0.4, -0.2) is 0 Å². The van der Waals surface area contributed by atoms with Gasteiger partial charge in [-0.1, -0.05) is 45.1 Å². The van der Waals surface area contributed by atoms with E-state index in [4.69, 9.17) is 0 Å². The third kappa shape index (κ3) is 3.41. The third-order valence-electron chi connectivity index (χ3n) is 2.03. The molecule has 0 aliphatic heterocycles. The lowest BCUT2D eigenvalue weighted by Gasteiger charge is -2.21. The molecule has 1 aliphatic carbocycles. The van der Waals surface area contributed by atoms with Crippen LogP contribution in [0.5, 0.6) is 0 Å². The van der Waals surface area contributed by atoms with Gasteiger partial charge in [0.15, 0.2) is 0 Å². The molecule has 0 nitrogen and oxygen atoms in total. The predicted molar refractivity (Wildman–Crippen MR) is 52.6 cm³/mol. The van der Waals surface area contributed by atoms with Crippen molar-refractivity contribution in [3.63, 3.8) is 0 Å². The highest BCUT2D eigenvalue weighted by Crippen LogP contribution is 2.29. The highest BCUT2D eigenvalue weighted by Gasteiger charge is 2.13. The van der Waals surface area contributed by atoms with Crippen LogP contribution in [0.3, 0.4) is 0 Å². The van der Waals surface area contributed by atoms with E-state index >= 15 is 0 Å². The monoisotopic (exact) mass is 152 g/mol. The number of rotatable bonds is 0. The van der Waals surface area contributed by atoms with Crippen molar-refractivity contribution in [1.29, 1.82) is 0 Å². The normalized spacial score (nSPS) is 24.1. The molecule has 1 rings (SSSR count). The molecule has 0 aromatic rings. The Morgan fingerprint density at radius 1 is 1.18 bits per heavy atom. The topological polar surface area (TPSA) is 0 Å². The van der Waals surface area contributed by atoms with Crippen LogP contribution in [0, 0.1) is 5.92 Å². The van der Waals surface area contributed by atoms with E-state index in [0.717, 1.165) is 5.92 Å². The molecule has 64 valence electrons. The average molecular weight is 152 g/mol. The average Bonchev–Trinajstić information content (AvgIpc) is 2.02. The standard InChI is InChI=1S/C9H14.C2H6/c1-7-4-5-8(2)9(3)6-7;1-2/h7H,2-6H2,1H3;1-2H3. The largest absolute Gasteiger partial charge is 0.0956 e. The van der Waals surface area contributed by atoms with Crippen molar-refractivity contribution in [3.8, 4) is 0 Å². The van der Waals surface area contributed by atoms with Crippen molar-refractivity contribution in [2.75, 3.05) is 0 Å². The summed E-state index contributed by atoms with van der Waals surface area (Å²) in [5, 5.41) is 0. The maximum absolute atomic E-state index is 3.95. The zero-order valence-corrected chi connectivity index (χ0v) is 8.11. The molecule has 0 amide bonds. The molecule has 11 heavy (non-hydrogen) atoms. The summed E-state index contributed by atoms with van der Waals surface area (Å²) in [6.45, 7) is 14.2. The molecule has 0 aromatic heterocycles. The van der Waals surface area contributed by atoms with Crippen LogP contribution in [0.1, 0.15) is 40.0 Å². The molecule has 1 atom stereocenters. The molecule has 0 aromatic carbocycles. The highest BCUT2D eigenvalue weighted by molar-refractivity contribution is 5.27. The van der Waals surface area contributed by atoms with E-state index in [1.165, 1.54) is 30.4 Å². The van der Waals surface area contributed by atoms with Crippen molar-refractivity contribution < 1.29 is 0 Å². The van der Waals surface area contributed by atoms with Gasteiger partial charge in [-0.15, -0.1) is 0 Å². The van der Waals surface area contributed by atoms with Gasteiger partial charge in [0.05, 0.1) is 0 Å². The Balaban J connectivity index is 0.000000461. The first-order valence-corrected chi connectivity index (χ1v) is 4.56. The summed E-state index contributed by atoms with van der Waals surface area (Å²) in [5.41, 5.74) is 2.54. The molecular formula is C11H20. The van der Waals surface area contributed by atoms with Gasteiger partial charge in [0.25, 0.3) is 0 Å². The van der Waals surface area contributed by atoms with Crippen LogP contribution >= 0.6 is 0 Å². The third-order valence-corrected chi connectivity index (χ3v) is 2.03. The minimum atomic E-state index is 0.836. The molecule has 0 heterocycles. The summed E-state index contributed by atoms with van der Waals surface area (Å²) in [6, 6.07) is 0. The summed E-state index contributed by atoms with van der Waals surface area (Å²) in [4.78, 5) is 0. The van der Waals surface area contributed by atoms with Gasteiger partial charge in [0, 0.05) is 0 Å². The van der Waals surface area contributed by atoms with Gasteiger partial charge >= 0.3 is 0 Å². The lowest BCUT2D eigenvalue weighted by molar-refractivity contribution is 0.499. The van der Waals surface area contributed by atoms with E-state index in [-0.39, 0.29) is 0 Å². The second kappa shape index (κ2) is 5.17. The second-order valence-electron chi connectivity index (χ2n) is 3.06.